The molecule has 0 aromatic heterocycles. The van der Waals surface area contributed by atoms with Crippen LogP contribution in [0, 0.1) is 34.5 Å². The summed E-state index contributed by atoms with van der Waals surface area (Å²) in [6.45, 7) is 4.72. The maximum atomic E-state index is 2.38. The van der Waals surface area contributed by atoms with Gasteiger partial charge in [-0.25, -0.2) is 0 Å². The van der Waals surface area contributed by atoms with Crippen LogP contribution >= 0.6 is 0 Å². The first-order valence-electron chi connectivity index (χ1n) is 14.7. The van der Waals surface area contributed by atoms with Gasteiger partial charge in [0.15, 0.2) is 0 Å². The Bertz CT molecular complexity index is 464. The van der Waals surface area contributed by atoms with Gasteiger partial charge in [-0.05, 0) is 118 Å². The third-order valence-corrected chi connectivity index (χ3v) is 11.2. The van der Waals surface area contributed by atoms with Crippen LogP contribution in [0.15, 0.2) is 0 Å². The number of hydrogen-bond donors (Lipinski definition) is 0. The van der Waals surface area contributed by atoms with Crippen molar-refractivity contribution in [2.75, 3.05) is 0 Å². The summed E-state index contributed by atoms with van der Waals surface area (Å²) in [5.41, 5.74) is 1.59. The molecule has 2 bridgehead atoms. The van der Waals surface area contributed by atoms with E-state index in [4.69, 9.17) is 0 Å². The van der Waals surface area contributed by atoms with Crippen LogP contribution in [0.5, 0.6) is 0 Å². The van der Waals surface area contributed by atoms with Crippen molar-refractivity contribution in [3.63, 3.8) is 0 Å². The van der Waals surface area contributed by atoms with Gasteiger partial charge in [-0.1, -0.05) is 71.6 Å². The van der Waals surface area contributed by atoms with Gasteiger partial charge in [-0.3, -0.25) is 0 Å². The van der Waals surface area contributed by atoms with E-state index < -0.39 is 0 Å². The lowest BCUT2D eigenvalue weighted by Gasteiger charge is -2.58. The molecule has 174 valence electrons. The van der Waals surface area contributed by atoms with Crippen molar-refractivity contribution in [1.29, 1.82) is 0 Å². The molecule has 0 atom stereocenters. The van der Waals surface area contributed by atoms with E-state index in [1.165, 1.54) is 44.9 Å². The number of unbranched alkanes of at least 4 members (excludes halogenated alkanes) is 4. The van der Waals surface area contributed by atoms with Gasteiger partial charge in [-0.15, -0.1) is 0 Å². The van der Waals surface area contributed by atoms with Gasteiger partial charge in [0.05, 0.1) is 0 Å². The second-order valence-electron chi connectivity index (χ2n) is 12.7. The molecule has 5 aliphatic carbocycles. The summed E-state index contributed by atoms with van der Waals surface area (Å²) in [6.07, 6.45) is 34.1. The Morgan fingerprint density at radius 2 is 1.13 bits per heavy atom. The predicted molar refractivity (Wildman–Crippen MR) is 132 cm³/mol. The van der Waals surface area contributed by atoms with Crippen LogP contribution in [0.1, 0.15) is 155 Å². The molecule has 0 aromatic rings. The van der Waals surface area contributed by atoms with Gasteiger partial charge in [-0.2, -0.15) is 0 Å². The molecule has 0 nitrogen and oxygen atoms in total. The van der Waals surface area contributed by atoms with Crippen molar-refractivity contribution in [2.24, 2.45) is 34.5 Å². The zero-order chi connectivity index (χ0) is 20.9. The van der Waals surface area contributed by atoms with Gasteiger partial charge in [0.1, 0.15) is 0 Å². The lowest BCUT2D eigenvalue weighted by Crippen LogP contribution is -2.46. The fraction of sp³-hybridized carbons (Fsp3) is 1.00. The molecule has 5 saturated carbocycles. The van der Waals surface area contributed by atoms with Crippen LogP contribution in [0.3, 0.4) is 0 Å². The summed E-state index contributed by atoms with van der Waals surface area (Å²) in [5.74, 6) is 4.40. The fourth-order valence-corrected chi connectivity index (χ4v) is 8.94. The highest BCUT2D eigenvalue weighted by molar-refractivity contribution is 5.03. The second-order valence-corrected chi connectivity index (χ2v) is 12.7. The third-order valence-electron chi connectivity index (χ3n) is 11.2. The molecule has 0 heteroatoms. The molecule has 5 rings (SSSR count). The molecule has 5 fully saturated rings. The first-order chi connectivity index (χ1) is 14.7. The van der Waals surface area contributed by atoms with Crippen LogP contribution in [0.25, 0.3) is 0 Å². The van der Waals surface area contributed by atoms with Gasteiger partial charge >= 0.3 is 0 Å². The molecule has 0 spiro atoms. The van der Waals surface area contributed by atoms with Gasteiger partial charge in [0.2, 0.25) is 0 Å². The van der Waals surface area contributed by atoms with Crippen LogP contribution < -0.4 is 0 Å². The Hall–Kier alpha value is 0. The van der Waals surface area contributed by atoms with E-state index in [9.17, 15) is 0 Å². The Kier molecular flexibility index (Phi) is 8.30. The molecule has 30 heavy (non-hydrogen) atoms. The highest BCUT2D eigenvalue weighted by Gasteiger charge is 2.51. The summed E-state index contributed by atoms with van der Waals surface area (Å²) in [6, 6.07) is 0. The Balaban J connectivity index is 1.19. The molecular formula is C30H54. The smallest absolute Gasteiger partial charge is 0.0269 e. The van der Waals surface area contributed by atoms with Gasteiger partial charge in [0.25, 0.3) is 0 Å². The van der Waals surface area contributed by atoms with Crippen LogP contribution in [-0.2, 0) is 0 Å². The van der Waals surface area contributed by atoms with Crippen LogP contribution in [0.4, 0.5) is 0 Å². The van der Waals surface area contributed by atoms with Crippen LogP contribution in [0.2, 0.25) is 0 Å². The zero-order valence-electron chi connectivity index (χ0n) is 20.9. The monoisotopic (exact) mass is 414 g/mol. The molecule has 5 aliphatic rings. The largest absolute Gasteiger partial charge is 0.0654 e. The molecule has 0 saturated heterocycles. The molecule has 0 N–H and O–H groups in total. The third kappa shape index (κ3) is 5.31. The van der Waals surface area contributed by atoms with E-state index >= 15 is 0 Å². The van der Waals surface area contributed by atoms with E-state index in [1.54, 1.807) is 96.3 Å². The molecule has 0 unspecified atom stereocenters. The number of fused-ring (bicyclic) bond motifs is 3. The minimum atomic E-state index is 0.794. The Labute approximate surface area is 189 Å². The van der Waals surface area contributed by atoms with Crippen molar-refractivity contribution >= 4 is 0 Å². The summed E-state index contributed by atoms with van der Waals surface area (Å²) in [4.78, 5) is 0. The average Bonchev–Trinajstić information content (AvgIpc) is 2.81. The quantitative estimate of drug-likeness (QED) is 0.312. The predicted octanol–water partition coefficient (Wildman–Crippen LogP) is 10.1. The van der Waals surface area contributed by atoms with E-state index in [1.807, 2.05) is 0 Å². The Morgan fingerprint density at radius 1 is 0.567 bits per heavy atom. The Morgan fingerprint density at radius 3 is 1.70 bits per heavy atom. The maximum absolute atomic E-state index is 2.38. The molecule has 0 heterocycles. The normalized spacial score (nSPS) is 41.8. The van der Waals surface area contributed by atoms with Crippen molar-refractivity contribution in [3.8, 4) is 0 Å². The highest BCUT2D eigenvalue weighted by atomic mass is 14.6. The molecular weight excluding hydrogens is 360 g/mol. The summed E-state index contributed by atoms with van der Waals surface area (Å²) >= 11 is 0. The SMILES string of the molecule is CCCCCCCC12CCC(C3CCC(C4CCC(CCC)CC4)CC3)(CC1)CC2. The molecule has 0 aliphatic heterocycles. The van der Waals surface area contributed by atoms with E-state index in [-0.39, 0.29) is 0 Å². The first-order valence-corrected chi connectivity index (χ1v) is 14.7. The first kappa shape index (κ1) is 23.2. The van der Waals surface area contributed by atoms with Crippen molar-refractivity contribution in [1.82, 2.24) is 0 Å². The van der Waals surface area contributed by atoms with Crippen molar-refractivity contribution < 1.29 is 0 Å². The average molecular weight is 415 g/mol. The van der Waals surface area contributed by atoms with E-state index in [2.05, 4.69) is 13.8 Å². The fourth-order valence-electron chi connectivity index (χ4n) is 8.94. The van der Waals surface area contributed by atoms with Crippen molar-refractivity contribution in [3.05, 3.63) is 0 Å². The lowest BCUT2D eigenvalue weighted by atomic mass is 9.47. The van der Waals surface area contributed by atoms with E-state index in [0.29, 0.717) is 0 Å². The number of hydrogen-bond acceptors (Lipinski definition) is 0. The molecule has 0 amide bonds. The minimum absolute atomic E-state index is 0.794. The number of rotatable bonds is 10. The summed E-state index contributed by atoms with van der Waals surface area (Å²) < 4.78 is 0. The standard InChI is InChI=1S/C30H54/c1-3-5-6-7-8-18-29-19-22-30(23-20-29,24-21-29)28-16-14-27(15-17-28)26-12-10-25(9-4-2)11-13-26/h25-28H,3-24H2,1-2H3. The molecule has 0 radical (unpaired) electrons. The molecule has 0 aromatic carbocycles. The highest BCUT2D eigenvalue weighted by Crippen LogP contribution is 2.63. The maximum Gasteiger partial charge on any atom is -0.0269 e. The zero-order valence-corrected chi connectivity index (χ0v) is 20.9. The second kappa shape index (κ2) is 10.7. The van der Waals surface area contributed by atoms with Gasteiger partial charge < -0.3 is 0 Å². The lowest BCUT2D eigenvalue weighted by molar-refractivity contribution is -0.0680. The van der Waals surface area contributed by atoms with Crippen molar-refractivity contribution in [2.45, 2.75) is 155 Å². The topological polar surface area (TPSA) is 0 Å². The summed E-state index contributed by atoms with van der Waals surface area (Å²) in [5, 5.41) is 0. The van der Waals surface area contributed by atoms with Gasteiger partial charge in [0, 0.05) is 0 Å². The minimum Gasteiger partial charge on any atom is -0.0654 e. The summed E-state index contributed by atoms with van der Waals surface area (Å²) in [7, 11) is 0. The van der Waals surface area contributed by atoms with E-state index in [0.717, 1.165) is 34.5 Å². The van der Waals surface area contributed by atoms with Crippen LogP contribution in [-0.4, -0.2) is 0 Å².